The van der Waals surface area contributed by atoms with Gasteiger partial charge < -0.3 is 19.7 Å². The first kappa shape index (κ1) is 28.0. The number of ketones is 1. The van der Waals surface area contributed by atoms with Gasteiger partial charge in [0.25, 0.3) is 0 Å². The number of alkyl carbamates (subject to hydrolysis) is 1. The van der Waals surface area contributed by atoms with Gasteiger partial charge in [-0.15, -0.1) is 11.8 Å². The van der Waals surface area contributed by atoms with Crippen molar-refractivity contribution in [2.75, 3.05) is 45.9 Å². The van der Waals surface area contributed by atoms with Crippen LogP contribution in [0.2, 0.25) is 0 Å². The maximum atomic E-state index is 12.8. The van der Waals surface area contributed by atoms with Crippen LogP contribution < -0.4 is 5.32 Å². The van der Waals surface area contributed by atoms with Gasteiger partial charge in [0.15, 0.2) is 5.78 Å². The quantitative estimate of drug-likeness (QED) is 0.380. The van der Waals surface area contributed by atoms with Crippen molar-refractivity contribution in [3.8, 4) is 11.8 Å². The Labute approximate surface area is 214 Å². The molecule has 2 aliphatic carbocycles. The van der Waals surface area contributed by atoms with Gasteiger partial charge in [0.05, 0.1) is 19.2 Å². The molecule has 9 nitrogen and oxygen atoms in total. The lowest BCUT2D eigenvalue weighted by molar-refractivity contribution is -0.145. The van der Waals surface area contributed by atoms with E-state index in [1.165, 1.54) is 6.92 Å². The standard InChI is InChI=1S/C27H41N3O6/c1-19(31)35-17-20-15-30(14-13-29(20)16-24(32)27(2,3)4)25(33)11-12-28-26(34)36-18-23-21-9-7-5-6-8-10-22(21)23/h20-23H,7-18H2,1-4H3,(H,28,34)/t20?,21-,22+,23?. The molecule has 1 N–H and O–H groups in total. The maximum absolute atomic E-state index is 12.8. The van der Waals surface area contributed by atoms with E-state index < -0.39 is 17.5 Å². The fourth-order valence-electron chi connectivity index (χ4n) is 5.06. The average Bonchev–Trinajstić information content (AvgIpc) is 3.44. The van der Waals surface area contributed by atoms with Crippen LogP contribution in [0.4, 0.5) is 4.79 Å². The van der Waals surface area contributed by atoms with Crippen molar-refractivity contribution in [1.29, 1.82) is 0 Å². The molecule has 0 radical (unpaired) electrons. The van der Waals surface area contributed by atoms with Crippen LogP contribution >= 0.6 is 0 Å². The summed E-state index contributed by atoms with van der Waals surface area (Å²) in [5.74, 6) is 7.63. The van der Waals surface area contributed by atoms with Crippen molar-refractivity contribution < 1.29 is 28.7 Å². The van der Waals surface area contributed by atoms with Crippen LogP contribution in [0.3, 0.4) is 0 Å². The molecule has 1 saturated heterocycles. The lowest BCUT2D eigenvalue weighted by Gasteiger charge is -2.41. The summed E-state index contributed by atoms with van der Waals surface area (Å²) in [6.07, 6.45) is 3.68. The average molecular weight is 504 g/mol. The molecule has 9 heteroatoms. The van der Waals surface area contributed by atoms with E-state index in [1.54, 1.807) is 4.90 Å². The van der Waals surface area contributed by atoms with Gasteiger partial charge in [-0.3, -0.25) is 19.3 Å². The highest BCUT2D eigenvalue weighted by Gasteiger charge is 2.49. The van der Waals surface area contributed by atoms with E-state index >= 15 is 0 Å². The van der Waals surface area contributed by atoms with E-state index in [9.17, 15) is 19.2 Å². The number of hydrogen-bond acceptors (Lipinski definition) is 7. The summed E-state index contributed by atoms with van der Waals surface area (Å²) < 4.78 is 10.6. The lowest BCUT2D eigenvalue weighted by Crippen LogP contribution is -2.58. The molecule has 1 heterocycles. The molecule has 2 unspecified atom stereocenters. The largest absolute Gasteiger partial charge is 0.464 e. The van der Waals surface area contributed by atoms with Crippen LogP contribution in [-0.4, -0.2) is 85.5 Å². The summed E-state index contributed by atoms with van der Waals surface area (Å²) in [5.41, 5.74) is -0.468. The third-order valence-corrected chi connectivity index (χ3v) is 7.47. The van der Waals surface area contributed by atoms with Crippen molar-refractivity contribution in [1.82, 2.24) is 15.1 Å². The number of ether oxygens (including phenoxy) is 2. The van der Waals surface area contributed by atoms with E-state index in [1.807, 2.05) is 25.7 Å². The molecule has 4 atom stereocenters. The van der Waals surface area contributed by atoms with Gasteiger partial charge in [0.1, 0.15) is 6.61 Å². The molecule has 1 aliphatic heterocycles. The number of fused-ring (bicyclic) bond motifs is 1. The van der Waals surface area contributed by atoms with Crippen molar-refractivity contribution in [2.45, 2.75) is 65.8 Å². The molecule has 0 aromatic heterocycles. The van der Waals surface area contributed by atoms with Gasteiger partial charge >= 0.3 is 12.1 Å². The molecule has 0 bridgehead atoms. The molecule has 2 fully saturated rings. The first-order chi connectivity index (χ1) is 17.1. The zero-order valence-electron chi connectivity index (χ0n) is 22.1. The third-order valence-electron chi connectivity index (χ3n) is 7.47. The Morgan fingerprint density at radius 1 is 0.972 bits per heavy atom. The molecule has 1 saturated carbocycles. The highest BCUT2D eigenvalue weighted by Crippen LogP contribution is 2.52. The molecular weight excluding hydrogens is 462 g/mol. The molecular formula is C27H41N3O6. The molecule has 3 rings (SSSR count). The monoisotopic (exact) mass is 503 g/mol. The van der Waals surface area contributed by atoms with Crippen LogP contribution in [0.1, 0.15) is 59.8 Å². The SMILES string of the molecule is CC(=O)OCC1CN(C(=O)CCNC(=O)OCC2[C@H]3CCC#CCC[C@@H]23)CCN1CC(=O)C(C)(C)C. The summed E-state index contributed by atoms with van der Waals surface area (Å²) in [6.45, 7) is 9.32. The smallest absolute Gasteiger partial charge is 0.407 e. The third kappa shape index (κ3) is 8.22. The number of Topliss-reactive ketones (excluding diaryl/α,β-unsaturated/α-hetero) is 1. The second-order valence-corrected chi connectivity index (χ2v) is 11.1. The van der Waals surface area contributed by atoms with Crippen molar-refractivity contribution in [2.24, 2.45) is 23.2 Å². The van der Waals surface area contributed by atoms with Gasteiger partial charge in [-0.25, -0.2) is 4.79 Å². The predicted octanol–water partition coefficient (Wildman–Crippen LogP) is 2.23. The minimum absolute atomic E-state index is 0.0920. The molecule has 2 amide bonds. The minimum Gasteiger partial charge on any atom is -0.464 e. The number of carbonyl (C=O) groups is 4. The molecule has 0 spiro atoms. The first-order valence-electron chi connectivity index (χ1n) is 13.1. The van der Waals surface area contributed by atoms with Gasteiger partial charge in [0.2, 0.25) is 5.91 Å². The van der Waals surface area contributed by atoms with Crippen molar-refractivity contribution in [3.05, 3.63) is 0 Å². The Balaban J connectivity index is 1.39. The van der Waals surface area contributed by atoms with Crippen molar-refractivity contribution >= 4 is 23.8 Å². The Bertz CT molecular complexity index is 868. The summed E-state index contributed by atoms with van der Waals surface area (Å²) >= 11 is 0. The highest BCUT2D eigenvalue weighted by atomic mass is 16.5. The Kier molecular flexibility index (Phi) is 9.77. The van der Waals surface area contributed by atoms with E-state index in [0.717, 1.165) is 25.7 Å². The van der Waals surface area contributed by atoms with E-state index in [-0.39, 0.29) is 43.8 Å². The number of esters is 1. The molecule has 0 aromatic carbocycles. The second kappa shape index (κ2) is 12.6. The van der Waals surface area contributed by atoms with Gasteiger partial charge in [-0.1, -0.05) is 20.8 Å². The molecule has 36 heavy (non-hydrogen) atoms. The highest BCUT2D eigenvalue weighted by molar-refractivity contribution is 5.85. The van der Waals surface area contributed by atoms with Gasteiger partial charge in [-0.2, -0.15) is 0 Å². The van der Waals surface area contributed by atoms with Crippen LogP contribution in [0, 0.1) is 35.0 Å². The molecule has 3 aliphatic rings. The van der Waals surface area contributed by atoms with Gasteiger partial charge in [0, 0.05) is 57.8 Å². The first-order valence-corrected chi connectivity index (χ1v) is 13.1. The summed E-state index contributed by atoms with van der Waals surface area (Å²) in [4.78, 5) is 52.5. The van der Waals surface area contributed by atoms with E-state index in [0.29, 0.717) is 44.0 Å². The van der Waals surface area contributed by atoms with Crippen molar-refractivity contribution in [3.63, 3.8) is 0 Å². The van der Waals surface area contributed by atoms with Crippen LogP contribution in [0.25, 0.3) is 0 Å². The lowest BCUT2D eigenvalue weighted by atomic mass is 9.90. The van der Waals surface area contributed by atoms with Crippen LogP contribution in [0.15, 0.2) is 0 Å². The van der Waals surface area contributed by atoms with Crippen LogP contribution in [0.5, 0.6) is 0 Å². The second-order valence-electron chi connectivity index (χ2n) is 11.1. The van der Waals surface area contributed by atoms with E-state index in [4.69, 9.17) is 9.47 Å². The fraction of sp³-hybridized carbons (Fsp3) is 0.778. The van der Waals surface area contributed by atoms with E-state index in [2.05, 4.69) is 17.2 Å². The summed E-state index contributed by atoms with van der Waals surface area (Å²) in [6, 6.07) is -0.253. The zero-order valence-corrected chi connectivity index (χ0v) is 22.1. The normalized spacial score (nSPS) is 25.8. The maximum Gasteiger partial charge on any atom is 0.407 e. The van der Waals surface area contributed by atoms with Crippen LogP contribution in [-0.2, 0) is 23.9 Å². The summed E-state index contributed by atoms with van der Waals surface area (Å²) in [7, 11) is 0. The number of nitrogens with one attached hydrogen (secondary N) is 1. The fourth-order valence-corrected chi connectivity index (χ4v) is 5.06. The summed E-state index contributed by atoms with van der Waals surface area (Å²) in [5, 5.41) is 2.69. The number of amides is 2. The molecule has 200 valence electrons. The Morgan fingerprint density at radius 2 is 1.64 bits per heavy atom. The number of piperazine rings is 1. The number of rotatable bonds is 9. The zero-order chi connectivity index (χ0) is 26.3. The van der Waals surface area contributed by atoms with Gasteiger partial charge in [-0.05, 0) is 30.6 Å². The number of nitrogens with zero attached hydrogens (tertiary/aromatic N) is 2. The Hall–Kier alpha value is -2.60. The number of hydrogen-bond donors (Lipinski definition) is 1. The number of carbonyl (C=O) groups excluding carboxylic acids is 4. The predicted molar refractivity (Wildman–Crippen MR) is 134 cm³/mol. The molecule has 0 aromatic rings. The topological polar surface area (TPSA) is 105 Å². The Morgan fingerprint density at radius 3 is 2.25 bits per heavy atom. The minimum atomic E-state index is -0.489.